The molecule has 23 heavy (non-hydrogen) atoms. The molecule has 0 unspecified atom stereocenters. The van der Waals surface area contributed by atoms with E-state index in [4.69, 9.17) is 0 Å². The van der Waals surface area contributed by atoms with Crippen molar-refractivity contribution in [2.24, 2.45) is 0 Å². The van der Waals surface area contributed by atoms with E-state index in [1.165, 1.54) is 23.9 Å². The van der Waals surface area contributed by atoms with E-state index in [0.29, 0.717) is 11.4 Å². The number of hydrogen-bond acceptors (Lipinski definition) is 5. The quantitative estimate of drug-likeness (QED) is 0.687. The summed E-state index contributed by atoms with van der Waals surface area (Å²) in [6.07, 6.45) is 1.82. The van der Waals surface area contributed by atoms with E-state index in [0.717, 1.165) is 10.9 Å². The summed E-state index contributed by atoms with van der Waals surface area (Å²) in [6, 6.07) is 8.24. The Morgan fingerprint density at radius 2 is 2.04 bits per heavy atom. The van der Waals surface area contributed by atoms with Crippen LogP contribution in [0.2, 0.25) is 0 Å². The molecule has 2 aromatic heterocycles. The van der Waals surface area contributed by atoms with Gasteiger partial charge in [-0.2, -0.15) is 5.10 Å². The zero-order valence-corrected chi connectivity index (χ0v) is 14.0. The Morgan fingerprint density at radius 1 is 1.22 bits per heavy atom. The van der Waals surface area contributed by atoms with Gasteiger partial charge < -0.3 is 0 Å². The van der Waals surface area contributed by atoms with E-state index in [9.17, 15) is 4.39 Å². The van der Waals surface area contributed by atoms with Crippen molar-refractivity contribution in [3.8, 4) is 5.69 Å². The van der Waals surface area contributed by atoms with Gasteiger partial charge in [-0.3, -0.25) is 0 Å². The summed E-state index contributed by atoms with van der Waals surface area (Å²) in [7, 11) is 0. The molecule has 0 aliphatic heterocycles. The first-order chi connectivity index (χ1) is 10.9. The summed E-state index contributed by atoms with van der Waals surface area (Å²) in [6.45, 7) is 6.14. The monoisotopic (exact) mass is 332 g/mol. The Labute approximate surface area is 137 Å². The van der Waals surface area contributed by atoms with Crippen LogP contribution >= 0.6 is 11.8 Å². The van der Waals surface area contributed by atoms with Crippen LogP contribution in [0.3, 0.4) is 0 Å². The minimum atomic E-state index is -0.279. The van der Waals surface area contributed by atoms with Gasteiger partial charge in [0.1, 0.15) is 5.82 Å². The molecule has 120 valence electrons. The summed E-state index contributed by atoms with van der Waals surface area (Å²) in [5.74, 6) is 0.358. The predicted octanol–water partition coefficient (Wildman–Crippen LogP) is 3.05. The lowest BCUT2D eigenvalue weighted by molar-refractivity contribution is 0.321. The van der Waals surface area contributed by atoms with Gasteiger partial charge in [0.25, 0.3) is 0 Å². The van der Waals surface area contributed by atoms with E-state index in [2.05, 4.69) is 20.6 Å². The molecule has 6 nitrogen and oxygen atoms in total. The second-order valence-electron chi connectivity index (χ2n) is 6.06. The Bertz CT molecular complexity index is 804. The number of hydrogen-bond donors (Lipinski definition) is 0. The van der Waals surface area contributed by atoms with Crippen molar-refractivity contribution in [2.45, 2.75) is 37.2 Å². The van der Waals surface area contributed by atoms with Gasteiger partial charge in [-0.05, 0) is 55.5 Å². The maximum atomic E-state index is 13.3. The highest BCUT2D eigenvalue weighted by atomic mass is 32.2. The van der Waals surface area contributed by atoms with Crippen LogP contribution in [-0.2, 0) is 11.3 Å². The molecule has 8 heteroatoms. The van der Waals surface area contributed by atoms with E-state index >= 15 is 0 Å². The lowest BCUT2D eigenvalue weighted by Gasteiger charge is -2.19. The minimum Gasteiger partial charge on any atom is -0.241 e. The Balaban J connectivity index is 1.72. The van der Waals surface area contributed by atoms with Crippen molar-refractivity contribution >= 4 is 11.8 Å². The third-order valence-electron chi connectivity index (χ3n) is 3.14. The van der Waals surface area contributed by atoms with Crippen molar-refractivity contribution in [3.63, 3.8) is 0 Å². The second-order valence-corrected chi connectivity index (χ2v) is 7.01. The van der Waals surface area contributed by atoms with Gasteiger partial charge in [-0.15, -0.1) is 5.10 Å². The van der Waals surface area contributed by atoms with Gasteiger partial charge in [-0.1, -0.05) is 17.8 Å². The summed E-state index contributed by atoms with van der Waals surface area (Å²) in [5.41, 5.74) is 1.40. The number of halogens is 1. The van der Waals surface area contributed by atoms with Crippen LogP contribution in [0.5, 0.6) is 0 Å². The van der Waals surface area contributed by atoms with E-state index in [1.807, 2.05) is 39.1 Å². The van der Waals surface area contributed by atoms with Crippen LogP contribution < -0.4 is 0 Å². The molecule has 3 rings (SSSR count). The van der Waals surface area contributed by atoms with E-state index in [1.54, 1.807) is 15.4 Å². The fourth-order valence-corrected chi connectivity index (χ4v) is 2.99. The summed E-state index contributed by atoms with van der Waals surface area (Å²) < 4.78 is 16.7. The van der Waals surface area contributed by atoms with Crippen molar-refractivity contribution < 1.29 is 4.39 Å². The fourth-order valence-electron chi connectivity index (χ4n) is 2.03. The molecule has 2 heterocycles. The van der Waals surface area contributed by atoms with Gasteiger partial charge in [0.15, 0.2) is 0 Å². The number of benzene rings is 1. The number of rotatable bonds is 4. The van der Waals surface area contributed by atoms with Crippen LogP contribution in [-0.4, -0.2) is 30.0 Å². The SMILES string of the molecule is CC(C)(C)n1nnnc1SCc1ccn(-c2cccc(F)c2)n1. The van der Waals surface area contributed by atoms with Gasteiger partial charge in [0, 0.05) is 11.9 Å². The molecule has 0 amide bonds. The molecule has 0 bridgehead atoms. The van der Waals surface area contributed by atoms with Crippen LogP contribution in [0.1, 0.15) is 26.5 Å². The largest absolute Gasteiger partial charge is 0.241 e. The standard InChI is InChI=1S/C15H17FN6S/c1-15(2,3)22-14(17-19-20-22)23-10-12-7-8-21(18-12)13-6-4-5-11(16)9-13/h4-9H,10H2,1-3H3. The number of tetrazole rings is 1. The third kappa shape index (κ3) is 3.58. The highest BCUT2D eigenvalue weighted by Gasteiger charge is 2.20. The first kappa shape index (κ1) is 15.7. The molecule has 0 radical (unpaired) electrons. The number of nitrogens with zero attached hydrogens (tertiary/aromatic N) is 6. The maximum absolute atomic E-state index is 13.3. The van der Waals surface area contributed by atoms with Gasteiger partial charge in [0.2, 0.25) is 5.16 Å². The highest BCUT2D eigenvalue weighted by Crippen LogP contribution is 2.24. The molecule has 3 aromatic rings. The second kappa shape index (κ2) is 6.11. The molecule has 0 aliphatic carbocycles. The van der Waals surface area contributed by atoms with Gasteiger partial charge >= 0.3 is 0 Å². The Kier molecular flexibility index (Phi) is 4.16. The average molecular weight is 332 g/mol. The van der Waals surface area contributed by atoms with Crippen LogP contribution in [0.15, 0.2) is 41.7 Å². The highest BCUT2D eigenvalue weighted by molar-refractivity contribution is 7.98. The van der Waals surface area contributed by atoms with Crippen molar-refractivity contribution in [2.75, 3.05) is 0 Å². The molecule has 0 spiro atoms. The van der Waals surface area contributed by atoms with Crippen LogP contribution in [0, 0.1) is 5.82 Å². The molecule has 0 N–H and O–H groups in total. The average Bonchev–Trinajstić information content (AvgIpc) is 3.14. The molecule has 0 saturated carbocycles. The topological polar surface area (TPSA) is 61.4 Å². The zero-order valence-electron chi connectivity index (χ0n) is 13.1. The summed E-state index contributed by atoms with van der Waals surface area (Å²) in [4.78, 5) is 0. The van der Waals surface area contributed by atoms with Crippen molar-refractivity contribution in [1.82, 2.24) is 30.0 Å². The minimum absolute atomic E-state index is 0.174. The summed E-state index contributed by atoms with van der Waals surface area (Å²) in [5, 5.41) is 17.0. The Morgan fingerprint density at radius 3 is 2.78 bits per heavy atom. The number of aromatic nitrogens is 6. The fraction of sp³-hybridized carbons (Fsp3) is 0.333. The molecule has 0 saturated heterocycles. The number of thioether (sulfide) groups is 1. The van der Waals surface area contributed by atoms with Gasteiger partial charge in [-0.25, -0.2) is 13.8 Å². The van der Waals surface area contributed by atoms with Crippen molar-refractivity contribution in [1.29, 1.82) is 0 Å². The molecule has 0 atom stereocenters. The first-order valence-corrected chi connectivity index (χ1v) is 8.14. The lowest BCUT2D eigenvalue weighted by Crippen LogP contribution is -2.24. The Hall–Kier alpha value is -2.22. The van der Waals surface area contributed by atoms with E-state index in [-0.39, 0.29) is 11.4 Å². The predicted molar refractivity (Wildman–Crippen MR) is 85.9 cm³/mol. The zero-order chi connectivity index (χ0) is 16.4. The first-order valence-electron chi connectivity index (χ1n) is 7.15. The lowest BCUT2D eigenvalue weighted by atomic mass is 10.1. The van der Waals surface area contributed by atoms with Crippen LogP contribution in [0.4, 0.5) is 4.39 Å². The van der Waals surface area contributed by atoms with Gasteiger partial charge in [0.05, 0.1) is 16.9 Å². The van der Waals surface area contributed by atoms with E-state index < -0.39 is 0 Å². The van der Waals surface area contributed by atoms with Crippen LogP contribution in [0.25, 0.3) is 5.69 Å². The summed E-state index contributed by atoms with van der Waals surface area (Å²) >= 11 is 1.52. The normalized spacial score (nSPS) is 11.8. The molecular formula is C15H17FN6S. The molecule has 0 aliphatic rings. The molecular weight excluding hydrogens is 315 g/mol. The molecule has 1 aromatic carbocycles. The third-order valence-corrected chi connectivity index (χ3v) is 4.10. The smallest absolute Gasteiger partial charge is 0.210 e. The molecule has 0 fully saturated rings. The maximum Gasteiger partial charge on any atom is 0.210 e. The van der Waals surface area contributed by atoms with Crippen molar-refractivity contribution in [3.05, 3.63) is 48.0 Å².